The standard InChI is InChI=1S/C12H22O3Si/c1-12(2,3)16(4,5)15-9-7-6-8(13)10-11(9)14-10/h9-11H,6-7H2,1-5H3. The fraction of sp³-hybridized carbons (Fsp3) is 0.917. The highest BCUT2D eigenvalue weighted by atomic mass is 28.4. The van der Waals surface area contributed by atoms with Crippen LogP contribution in [0, 0.1) is 0 Å². The van der Waals surface area contributed by atoms with E-state index in [1.807, 2.05) is 0 Å². The van der Waals surface area contributed by atoms with Gasteiger partial charge < -0.3 is 9.16 Å². The van der Waals surface area contributed by atoms with Crippen molar-refractivity contribution in [3.05, 3.63) is 0 Å². The van der Waals surface area contributed by atoms with E-state index in [1.54, 1.807) is 0 Å². The number of hydrogen-bond donors (Lipinski definition) is 0. The third kappa shape index (κ3) is 2.10. The molecular formula is C12H22O3Si. The molecule has 1 aliphatic carbocycles. The van der Waals surface area contributed by atoms with E-state index in [1.165, 1.54) is 0 Å². The van der Waals surface area contributed by atoms with Crippen molar-refractivity contribution in [2.45, 2.75) is 70.1 Å². The summed E-state index contributed by atoms with van der Waals surface area (Å²) in [4.78, 5) is 11.4. The second-order valence-electron chi connectivity index (χ2n) is 6.44. The molecule has 1 saturated carbocycles. The van der Waals surface area contributed by atoms with Crippen LogP contribution >= 0.6 is 0 Å². The van der Waals surface area contributed by atoms with Gasteiger partial charge in [0.15, 0.2) is 14.1 Å². The number of ether oxygens (including phenoxy) is 1. The molecule has 1 saturated heterocycles. The van der Waals surface area contributed by atoms with Crippen molar-refractivity contribution in [2.75, 3.05) is 0 Å². The molecule has 4 heteroatoms. The highest BCUT2D eigenvalue weighted by Crippen LogP contribution is 2.42. The van der Waals surface area contributed by atoms with Crippen LogP contribution < -0.4 is 0 Å². The number of ketones is 1. The lowest BCUT2D eigenvalue weighted by Crippen LogP contribution is -2.46. The van der Waals surface area contributed by atoms with Crippen LogP contribution in [0.15, 0.2) is 0 Å². The third-order valence-electron chi connectivity index (χ3n) is 4.14. The molecule has 2 aliphatic rings. The summed E-state index contributed by atoms with van der Waals surface area (Å²) in [7, 11) is -1.72. The summed E-state index contributed by atoms with van der Waals surface area (Å²) in [5.74, 6) is 0.264. The maximum absolute atomic E-state index is 11.4. The molecule has 0 N–H and O–H groups in total. The molecule has 0 aromatic carbocycles. The highest BCUT2D eigenvalue weighted by Gasteiger charge is 2.55. The van der Waals surface area contributed by atoms with Gasteiger partial charge in [0.2, 0.25) is 0 Å². The van der Waals surface area contributed by atoms with Gasteiger partial charge in [0.1, 0.15) is 12.2 Å². The van der Waals surface area contributed by atoms with E-state index in [-0.39, 0.29) is 29.1 Å². The van der Waals surface area contributed by atoms with Crippen LogP contribution in [0.5, 0.6) is 0 Å². The molecule has 1 heterocycles. The average Bonchev–Trinajstić information content (AvgIpc) is 2.87. The molecule has 3 nitrogen and oxygen atoms in total. The molecule has 2 fully saturated rings. The van der Waals surface area contributed by atoms with Crippen LogP contribution in [-0.2, 0) is 14.0 Å². The lowest BCUT2D eigenvalue weighted by Gasteiger charge is -2.39. The fourth-order valence-electron chi connectivity index (χ4n) is 1.94. The van der Waals surface area contributed by atoms with Gasteiger partial charge in [-0.3, -0.25) is 4.79 Å². The summed E-state index contributed by atoms with van der Waals surface area (Å²) in [6.07, 6.45) is 1.55. The minimum absolute atomic E-state index is 0.0652. The zero-order valence-electron chi connectivity index (χ0n) is 10.9. The average molecular weight is 242 g/mol. The quantitative estimate of drug-likeness (QED) is 0.551. The molecule has 0 bridgehead atoms. The van der Waals surface area contributed by atoms with Crippen LogP contribution in [0.3, 0.4) is 0 Å². The topological polar surface area (TPSA) is 38.8 Å². The van der Waals surface area contributed by atoms with E-state index < -0.39 is 8.32 Å². The molecule has 0 spiro atoms. The van der Waals surface area contributed by atoms with E-state index in [0.29, 0.717) is 6.42 Å². The maximum atomic E-state index is 11.4. The van der Waals surface area contributed by atoms with Gasteiger partial charge in [-0.15, -0.1) is 0 Å². The molecule has 3 unspecified atom stereocenters. The predicted molar refractivity (Wildman–Crippen MR) is 65.0 cm³/mol. The van der Waals surface area contributed by atoms with Gasteiger partial charge in [0.25, 0.3) is 0 Å². The van der Waals surface area contributed by atoms with Crippen LogP contribution in [0.25, 0.3) is 0 Å². The Morgan fingerprint density at radius 2 is 2.00 bits per heavy atom. The molecule has 1 aliphatic heterocycles. The van der Waals surface area contributed by atoms with Crippen molar-refractivity contribution in [1.29, 1.82) is 0 Å². The summed E-state index contributed by atoms with van der Waals surface area (Å²) in [5, 5.41) is 0.221. The van der Waals surface area contributed by atoms with Crippen LogP contribution in [0.1, 0.15) is 33.6 Å². The number of carbonyl (C=O) groups is 1. The number of carbonyl (C=O) groups excluding carboxylic acids is 1. The molecule has 92 valence electrons. The van der Waals surface area contributed by atoms with E-state index in [9.17, 15) is 4.79 Å². The summed E-state index contributed by atoms with van der Waals surface area (Å²) in [6.45, 7) is 11.2. The molecule has 0 aromatic rings. The zero-order chi connectivity index (χ0) is 12.1. The summed E-state index contributed by atoms with van der Waals surface area (Å²) >= 11 is 0. The van der Waals surface area contributed by atoms with E-state index in [0.717, 1.165) is 6.42 Å². The van der Waals surface area contributed by atoms with Gasteiger partial charge in [-0.1, -0.05) is 20.8 Å². The Bertz CT molecular complexity index is 306. The maximum Gasteiger partial charge on any atom is 0.192 e. The van der Waals surface area contributed by atoms with Gasteiger partial charge in [-0.25, -0.2) is 0 Å². The smallest absolute Gasteiger partial charge is 0.192 e. The lowest BCUT2D eigenvalue weighted by molar-refractivity contribution is -0.121. The van der Waals surface area contributed by atoms with Crippen molar-refractivity contribution in [3.8, 4) is 0 Å². The van der Waals surface area contributed by atoms with Gasteiger partial charge in [0.05, 0.1) is 6.10 Å². The third-order valence-corrected chi connectivity index (χ3v) is 8.64. The fourth-order valence-corrected chi connectivity index (χ4v) is 3.30. The Hall–Kier alpha value is -0.193. The molecule has 0 amide bonds. The Morgan fingerprint density at radius 1 is 1.38 bits per heavy atom. The lowest BCUT2D eigenvalue weighted by atomic mass is 9.97. The monoisotopic (exact) mass is 242 g/mol. The SMILES string of the molecule is CC(C)(C)[Si](C)(C)OC1CCC(=O)C2OC12. The second kappa shape index (κ2) is 3.65. The summed E-state index contributed by atoms with van der Waals surface area (Å²) in [6, 6.07) is 0. The highest BCUT2D eigenvalue weighted by molar-refractivity contribution is 6.74. The van der Waals surface area contributed by atoms with Crippen molar-refractivity contribution in [1.82, 2.24) is 0 Å². The normalized spacial score (nSPS) is 34.8. The molecule has 0 aromatic heterocycles. The number of epoxide rings is 1. The first-order valence-corrected chi connectivity index (χ1v) is 8.99. The molecular weight excluding hydrogens is 220 g/mol. The number of hydrogen-bond acceptors (Lipinski definition) is 3. The van der Waals surface area contributed by atoms with Gasteiger partial charge in [0, 0.05) is 6.42 Å². The van der Waals surface area contributed by atoms with E-state index in [2.05, 4.69) is 33.9 Å². The van der Waals surface area contributed by atoms with Crippen LogP contribution in [0.4, 0.5) is 0 Å². The first-order valence-electron chi connectivity index (χ1n) is 6.08. The Morgan fingerprint density at radius 3 is 2.56 bits per heavy atom. The molecule has 16 heavy (non-hydrogen) atoms. The molecule has 2 rings (SSSR count). The Labute approximate surface area is 98.6 Å². The van der Waals surface area contributed by atoms with Crippen LogP contribution in [0.2, 0.25) is 18.1 Å². The van der Waals surface area contributed by atoms with Gasteiger partial charge in [-0.2, -0.15) is 0 Å². The van der Waals surface area contributed by atoms with Crippen molar-refractivity contribution < 1.29 is 14.0 Å². The largest absolute Gasteiger partial charge is 0.411 e. The molecule has 0 radical (unpaired) electrons. The number of Topliss-reactive ketones (excluding diaryl/α,β-unsaturated/α-hetero) is 1. The summed E-state index contributed by atoms with van der Waals surface area (Å²) in [5.41, 5.74) is 0. The predicted octanol–water partition coefficient (Wildman–Crippen LogP) is 2.51. The Kier molecular flexibility index (Phi) is 2.80. The Balaban J connectivity index is 1.99. The second-order valence-corrected chi connectivity index (χ2v) is 11.2. The summed E-state index contributed by atoms with van der Waals surface area (Å²) < 4.78 is 11.7. The number of fused-ring (bicyclic) bond motifs is 1. The number of rotatable bonds is 2. The van der Waals surface area contributed by atoms with Crippen molar-refractivity contribution >= 4 is 14.1 Å². The van der Waals surface area contributed by atoms with Crippen molar-refractivity contribution in [3.63, 3.8) is 0 Å². The molecule has 3 atom stereocenters. The van der Waals surface area contributed by atoms with Crippen LogP contribution in [-0.4, -0.2) is 32.4 Å². The minimum Gasteiger partial charge on any atom is -0.411 e. The van der Waals surface area contributed by atoms with E-state index in [4.69, 9.17) is 9.16 Å². The minimum atomic E-state index is -1.72. The van der Waals surface area contributed by atoms with Gasteiger partial charge in [-0.05, 0) is 24.6 Å². The first-order chi connectivity index (χ1) is 7.22. The van der Waals surface area contributed by atoms with Gasteiger partial charge >= 0.3 is 0 Å². The first kappa shape index (κ1) is 12.3. The van der Waals surface area contributed by atoms with Crippen molar-refractivity contribution in [2.24, 2.45) is 0 Å². The zero-order valence-corrected chi connectivity index (χ0v) is 11.9. The van der Waals surface area contributed by atoms with E-state index >= 15 is 0 Å².